The van der Waals surface area contributed by atoms with Crippen LogP contribution >= 0.6 is 0 Å². The topological polar surface area (TPSA) is 8.17 Å². The molecule has 0 aliphatic carbocycles. The van der Waals surface area contributed by atoms with Crippen molar-refractivity contribution in [2.45, 2.75) is 0 Å². The average molecular weight is 739 g/mol. The van der Waals surface area contributed by atoms with E-state index in [1.165, 1.54) is 76.7 Å². The van der Waals surface area contributed by atoms with Crippen LogP contribution in [0, 0.1) is 0 Å². The van der Waals surface area contributed by atoms with E-state index in [1.54, 1.807) is 0 Å². The number of benzene rings is 10. The van der Waals surface area contributed by atoms with Crippen LogP contribution in [0.4, 0.5) is 17.1 Å². The summed E-state index contributed by atoms with van der Waals surface area (Å²) >= 11 is 0. The first kappa shape index (κ1) is 33.6. The maximum Gasteiger partial charge on any atom is 0.0541 e. The molecule has 0 aliphatic rings. The van der Waals surface area contributed by atoms with Crippen molar-refractivity contribution in [1.82, 2.24) is 4.57 Å². The summed E-state index contributed by atoms with van der Waals surface area (Å²) in [7, 11) is 0. The molecule has 272 valence electrons. The van der Waals surface area contributed by atoms with E-state index in [9.17, 15) is 0 Å². The van der Waals surface area contributed by atoms with Crippen LogP contribution in [0.25, 0.3) is 82.4 Å². The number of nitrogens with zero attached hydrogens (tertiary/aromatic N) is 2. The molecule has 11 aromatic rings. The molecule has 0 fully saturated rings. The van der Waals surface area contributed by atoms with Gasteiger partial charge in [0.05, 0.1) is 16.7 Å². The Bertz CT molecular complexity index is 3210. The lowest BCUT2D eigenvalue weighted by Crippen LogP contribution is -2.11. The molecule has 0 saturated heterocycles. The largest absolute Gasteiger partial charge is 0.310 e. The molecule has 0 amide bonds. The second-order valence-electron chi connectivity index (χ2n) is 15.0. The summed E-state index contributed by atoms with van der Waals surface area (Å²) in [4.78, 5) is 2.40. The zero-order valence-electron chi connectivity index (χ0n) is 31.8. The van der Waals surface area contributed by atoms with E-state index in [4.69, 9.17) is 0 Å². The van der Waals surface area contributed by atoms with E-state index >= 15 is 0 Å². The first-order valence-electron chi connectivity index (χ1n) is 19.9. The first-order valence-corrected chi connectivity index (χ1v) is 19.9. The van der Waals surface area contributed by atoms with E-state index in [2.05, 4.69) is 240 Å². The second-order valence-corrected chi connectivity index (χ2v) is 15.0. The highest BCUT2D eigenvalue weighted by Crippen LogP contribution is 2.43. The number of hydrogen-bond donors (Lipinski definition) is 0. The van der Waals surface area contributed by atoms with Gasteiger partial charge in [-0.15, -0.1) is 0 Å². The van der Waals surface area contributed by atoms with Crippen LogP contribution < -0.4 is 4.90 Å². The third kappa shape index (κ3) is 5.91. The minimum atomic E-state index is 1.09. The number of anilines is 3. The van der Waals surface area contributed by atoms with Gasteiger partial charge in [-0.2, -0.15) is 0 Å². The molecule has 0 N–H and O–H groups in total. The molecule has 2 nitrogen and oxygen atoms in total. The molecule has 1 heterocycles. The standard InChI is InChI=1S/C56H38N2/c1-3-13-44-37-46(27-25-39(44)11-1)43-23-21-41(22-24-43)42-29-31-48(32-30-42)57(54-18-8-5-15-51(54)47-28-26-40-12-2-4-14-45(40)38-47)49-33-35-50(36-34-49)58-55-19-9-6-16-52(55)53-17-7-10-20-56(53)58/h1-38H. The van der Waals surface area contributed by atoms with Crippen LogP contribution in [0.5, 0.6) is 0 Å². The maximum absolute atomic E-state index is 2.40. The summed E-state index contributed by atoms with van der Waals surface area (Å²) in [5, 5.41) is 7.51. The molecule has 2 heteroatoms. The van der Waals surface area contributed by atoms with Crippen molar-refractivity contribution < 1.29 is 0 Å². The van der Waals surface area contributed by atoms with E-state index in [-0.39, 0.29) is 0 Å². The number of hydrogen-bond acceptors (Lipinski definition) is 1. The third-order valence-electron chi connectivity index (χ3n) is 11.6. The zero-order chi connectivity index (χ0) is 38.4. The molecular formula is C56H38N2. The van der Waals surface area contributed by atoms with Crippen molar-refractivity contribution in [1.29, 1.82) is 0 Å². The minimum Gasteiger partial charge on any atom is -0.310 e. The average Bonchev–Trinajstić information content (AvgIpc) is 3.64. The SMILES string of the molecule is c1ccc(N(c2ccc(-c3ccc(-c4ccc5ccccc5c4)cc3)cc2)c2ccc(-n3c4ccccc4c4ccccc43)cc2)c(-c2ccc3ccccc3c2)c1. The van der Waals surface area contributed by atoms with Gasteiger partial charge < -0.3 is 9.47 Å². The summed E-state index contributed by atoms with van der Waals surface area (Å²) in [5.74, 6) is 0. The van der Waals surface area contributed by atoms with Crippen LogP contribution in [0.2, 0.25) is 0 Å². The number of aromatic nitrogens is 1. The van der Waals surface area contributed by atoms with Gasteiger partial charge >= 0.3 is 0 Å². The lowest BCUT2D eigenvalue weighted by molar-refractivity contribution is 1.17. The van der Waals surface area contributed by atoms with E-state index in [0.29, 0.717) is 0 Å². The Morgan fingerprint density at radius 2 is 0.707 bits per heavy atom. The van der Waals surface area contributed by atoms with Gasteiger partial charge in [0.1, 0.15) is 0 Å². The summed E-state index contributed by atoms with van der Waals surface area (Å²) < 4.78 is 2.38. The van der Waals surface area contributed by atoms with Gasteiger partial charge in [-0.05, 0) is 116 Å². The molecule has 0 aliphatic heterocycles. The number of para-hydroxylation sites is 3. The fourth-order valence-electron chi connectivity index (χ4n) is 8.68. The molecule has 0 bridgehead atoms. The molecule has 0 radical (unpaired) electrons. The van der Waals surface area contributed by atoms with Crippen molar-refractivity contribution in [3.05, 3.63) is 231 Å². The van der Waals surface area contributed by atoms with Crippen molar-refractivity contribution >= 4 is 60.4 Å². The molecule has 0 saturated carbocycles. The van der Waals surface area contributed by atoms with E-state index in [1.807, 2.05) is 0 Å². The van der Waals surface area contributed by atoms with E-state index < -0.39 is 0 Å². The van der Waals surface area contributed by atoms with Crippen molar-refractivity contribution in [2.75, 3.05) is 4.90 Å². The van der Waals surface area contributed by atoms with Gasteiger partial charge in [0.25, 0.3) is 0 Å². The second kappa shape index (κ2) is 14.1. The highest BCUT2D eigenvalue weighted by Gasteiger charge is 2.19. The van der Waals surface area contributed by atoms with Crippen molar-refractivity contribution in [2.24, 2.45) is 0 Å². The van der Waals surface area contributed by atoms with Crippen LogP contribution in [0.3, 0.4) is 0 Å². The highest BCUT2D eigenvalue weighted by atomic mass is 15.1. The summed E-state index contributed by atoms with van der Waals surface area (Å²) in [5.41, 5.74) is 14.0. The Balaban J connectivity index is 0.996. The van der Waals surface area contributed by atoms with Gasteiger partial charge in [-0.1, -0.05) is 164 Å². The molecule has 0 atom stereocenters. The Labute approximate surface area is 338 Å². The normalized spacial score (nSPS) is 11.4. The molecular weight excluding hydrogens is 701 g/mol. The third-order valence-corrected chi connectivity index (χ3v) is 11.6. The quantitative estimate of drug-likeness (QED) is 0.158. The predicted molar refractivity (Wildman–Crippen MR) is 247 cm³/mol. The smallest absolute Gasteiger partial charge is 0.0541 e. The Kier molecular flexibility index (Phi) is 8.19. The molecule has 10 aromatic carbocycles. The Hall–Kier alpha value is -7.68. The van der Waals surface area contributed by atoms with Gasteiger partial charge in [-0.3, -0.25) is 0 Å². The Morgan fingerprint density at radius 1 is 0.293 bits per heavy atom. The van der Waals surface area contributed by atoms with Crippen LogP contribution in [0.1, 0.15) is 0 Å². The molecule has 1 aromatic heterocycles. The first-order chi connectivity index (χ1) is 28.7. The summed E-state index contributed by atoms with van der Waals surface area (Å²) in [6, 6.07) is 83.7. The molecule has 0 unspecified atom stereocenters. The van der Waals surface area contributed by atoms with Crippen LogP contribution in [-0.2, 0) is 0 Å². The highest BCUT2D eigenvalue weighted by molar-refractivity contribution is 6.09. The maximum atomic E-state index is 2.40. The van der Waals surface area contributed by atoms with Gasteiger partial charge in [-0.25, -0.2) is 0 Å². The van der Waals surface area contributed by atoms with Gasteiger partial charge in [0, 0.05) is 33.4 Å². The van der Waals surface area contributed by atoms with Crippen molar-refractivity contribution in [3.8, 4) is 39.1 Å². The predicted octanol–water partition coefficient (Wildman–Crippen LogP) is 15.6. The molecule has 58 heavy (non-hydrogen) atoms. The van der Waals surface area contributed by atoms with Gasteiger partial charge in [0.15, 0.2) is 0 Å². The molecule has 0 spiro atoms. The fraction of sp³-hybridized carbons (Fsp3) is 0. The summed E-state index contributed by atoms with van der Waals surface area (Å²) in [6.07, 6.45) is 0. The zero-order valence-corrected chi connectivity index (χ0v) is 31.8. The molecule has 11 rings (SSSR count). The lowest BCUT2D eigenvalue weighted by atomic mass is 9.97. The Morgan fingerprint density at radius 3 is 1.31 bits per heavy atom. The van der Waals surface area contributed by atoms with Gasteiger partial charge in [0.2, 0.25) is 0 Å². The number of rotatable bonds is 7. The van der Waals surface area contributed by atoms with Crippen LogP contribution in [-0.4, -0.2) is 4.57 Å². The minimum absolute atomic E-state index is 1.09. The van der Waals surface area contributed by atoms with E-state index in [0.717, 1.165) is 22.7 Å². The lowest BCUT2D eigenvalue weighted by Gasteiger charge is -2.28. The van der Waals surface area contributed by atoms with Crippen molar-refractivity contribution in [3.63, 3.8) is 0 Å². The number of fused-ring (bicyclic) bond motifs is 5. The van der Waals surface area contributed by atoms with Crippen LogP contribution in [0.15, 0.2) is 231 Å². The monoisotopic (exact) mass is 738 g/mol. The summed E-state index contributed by atoms with van der Waals surface area (Å²) in [6.45, 7) is 0. The fourth-order valence-corrected chi connectivity index (χ4v) is 8.68.